The van der Waals surface area contributed by atoms with Crippen molar-refractivity contribution in [1.82, 2.24) is 0 Å². The average Bonchev–Trinajstić information content (AvgIpc) is 2.48. The fourth-order valence-corrected chi connectivity index (χ4v) is 2.72. The molecular weight excluding hydrogens is 302 g/mol. The molecule has 2 rings (SSSR count). The molecule has 0 saturated carbocycles. The Morgan fingerprint density at radius 3 is 2.45 bits per heavy atom. The molecule has 0 aliphatic heterocycles. The maximum Gasteiger partial charge on any atom is 0.335 e. The van der Waals surface area contributed by atoms with E-state index in [1.165, 1.54) is 18.2 Å². The molecule has 2 N–H and O–H groups in total. The van der Waals surface area contributed by atoms with Gasteiger partial charge in [-0.05, 0) is 36.3 Å². The van der Waals surface area contributed by atoms with E-state index in [-0.39, 0.29) is 11.3 Å². The highest BCUT2D eigenvalue weighted by atomic mass is 32.2. The van der Waals surface area contributed by atoms with Crippen LogP contribution in [0.1, 0.15) is 21.5 Å². The second-order valence-corrected chi connectivity index (χ2v) is 6.26. The lowest BCUT2D eigenvalue weighted by Gasteiger charge is -2.09. The fourth-order valence-electron chi connectivity index (χ4n) is 1.78. The van der Waals surface area contributed by atoms with E-state index in [4.69, 9.17) is 5.11 Å². The molecule has 0 fully saturated rings. The number of aryl methyl sites for hydroxylation is 1. The van der Waals surface area contributed by atoms with Gasteiger partial charge < -0.3 is 5.11 Å². The third-order valence-corrected chi connectivity index (χ3v) is 3.97. The highest BCUT2D eigenvalue weighted by molar-refractivity contribution is 7.95. The standard InChI is InChI=1S/C16H15NO4S/c1-12-7-8-14(16(18)19)11-15(12)17-22(20,21)10-9-13-5-3-2-4-6-13/h2-11,17H,1H3,(H,18,19)/b10-9+. The molecule has 2 aromatic carbocycles. The Balaban J connectivity index is 2.24. The Morgan fingerprint density at radius 1 is 1.14 bits per heavy atom. The summed E-state index contributed by atoms with van der Waals surface area (Å²) in [6.07, 6.45) is 1.47. The number of carbonyl (C=O) groups is 1. The molecule has 0 heterocycles. The van der Waals surface area contributed by atoms with Gasteiger partial charge in [0.05, 0.1) is 16.7 Å². The van der Waals surface area contributed by atoms with E-state index in [1.807, 2.05) is 6.07 Å². The van der Waals surface area contributed by atoms with Gasteiger partial charge in [-0.3, -0.25) is 4.72 Å². The smallest absolute Gasteiger partial charge is 0.335 e. The first-order valence-corrected chi connectivity index (χ1v) is 8.02. The van der Waals surface area contributed by atoms with Gasteiger partial charge in [0, 0.05) is 0 Å². The lowest BCUT2D eigenvalue weighted by atomic mass is 10.1. The number of benzene rings is 2. The Morgan fingerprint density at radius 2 is 1.82 bits per heavy atom. The van der Waals surface area contributed by atoms with E-state index in [2.05, 4.69) is 4.72 Å². The first-order valence-electron chi connectivity index (χ1n) is 6.47. The van der Waals surface area contributed by atoms with E-state index in [0.717, 1.165) is 11.0 Å². The van der Waals surface area contributed by atoms with E-state index in [0.29, 0.717) is 5.56 Å². The zero-order valence-corrected chi connectivity index (χ0v) is 12.7. The van der Waals surface area contributed by atoms with Crippen molar-refractivity contribution < 1.29 is 18.3 Å². The molecule has 0 saturated heterocycles. The second kappa shape index (κ2) is 6.44. The number of aromatic carboxylic acids is 1. The zero-order valence-electron chi connectivity index (χ0n) is 11.9. The summed E-state index contributed by atoms with van der Waals surface area (Å²) in [6.45, 7) is 1.70. The summed E-state index contributed by atoms with van der Waals surface area (Å²) in [5.41, 5.74) is 1.67. The predicted molar refractivity (Wildman–Crippen MR) is 86.2 cm³/mol. The van der Waals surface area contributed by atoms with Crippen LogP contribution in [0.25, 0.3) is 6.08 Å². The molecule has 6 heteroatoms. The summed E-state index contributed by atoms with van der Waals surface area (Å²) < 4.78 is 26.5. The van der Waals surface area contributed by atoms with Gasteiger partial charge in [-0.25, -0.2) is 13.2 Å². The molecule has 0 bridgehead atoms. The zero-order chi connectivity index (χ0) is 16.2. The minimum absolute atomic E-state index is 0.0235. The molecule has 0 radical (unpaired) electrons. The molecule has 5 nitrogen and oxygen atoms in total. The van der Waals surface area contributed by atoms with Crippen LogP contribution in [0.2, 0.25) is 0 Å². The van der Waals surface area contributed by atoms with Gasteiger partial charge in [-0.1, -0.05) is 36.4 Å². The highest BCUT2D eigenvalue weighted by Gasteiger charge is 2.11. The number of carboxylic acids is 1. The number of anilines is 1. The Kier molecular flexibility index (Phi) is 4.62. The largest absolute Gasteiger partial charge is 0.478 e. The van der Waals surface area contributed by atoms with Gasteiger partial charge in [0.15, 0.2) is 0 Å². The maximum absolute atomic E-state index is 12.1. The molecule has 0 aliphatic carbocycles. The van der Waals surface area contributed by atoms with Crippen LogP contribution in [-0.2, 0) is 10.0 Å². The maximum atomic E-state index is 12.1. The van der Waals surface area contributed by atoms with Crippen LogP contribution in [-0.4, -0.2) is 19.5 Å². The summed E-state index contributed by atoms with van der Waals surface area (Å²) in [6, 6.07) is 13.3. The van der Waals surface area contributed by atoms with Gasteiger partial charge in [-0.15, -0.1) is 0 Å². The fraction of sp³-hybridized carbons (Fsp3) is 0.0625. The van der Waals surface area contributed by atoms with Crippen molar-refractivity contribution in [2.24, 2.45) is 0 Å². The third-order valence-electron chi connectivity index (χ3n) is 2.98. The SMILES string of the molecule is Cc1ccc(C(=O)O)cc1NS(=O)(=O)/C=C/c1ccccc1. The van der Waals surface area contributed by atoms with E-state index in [1.54, 1.807) is 37.3 Å². The summed E-state index contributed by atoms with van der Waals surface area (Å²) >= 11 is 0. The lowest BCUT2D eigenvalue weighted by molar-refractivity contribution is 0.0697. The first kappa shape index (κ1) is 15.8. The lowest BCUT2D eigenvalue weighted by Crippen LogP contribution is -2.11. The van der Waals surface area contributed by atoms with Gasteiger partial charge in [0.25, 0.3) is 10.0 Å². The topological polar surface area (TPSA) is 83.5 Å². The van der Waals surface area contributed by atoms with Crippen molar-refractivity contribution in [1.29, 1.82) is 0 Å². The van der Waals surface area contributed by atoms with Gasteiger partial charge >= 0.3 is 5.97 Å². The number of nitrogens with one attached hydrogen (secondary N) is 1. The third kappa shape index (κ3) is 4.20. The van der Waals surface area contributed by atoms with Crippen LogP contribution in [0.4, 0.5) is 5.69 Å². The van der Waals surface area contributed by atoms with Gasteiger partial charge in [0.2, 0.25) is 0 Å². The first-order chi connectivity index (χ1) is 10.4. The second-order valence-electron chi connectivity index (χ2n) is 4.70. The molecule has 0 aliphatic rings. The highest BCUT2D eigenvalue weighted by Crippen LogP contribution is 2.19. The Labute approximate surface area is 129 Å². The monoisotopic (exact) mass is 317 g/mol. The molecule has 0 aromatic heterocycles. The quantitative estimate of drug-likeness (QED) is 0.887. The van der Waals surface area contributed by atoms with Crippen LogP contribution in [0.5, 0.6) is 0 Å². The van der Waals surface area contributed by atoms with E-state index < -0.39 is 16.0 Å². The van der Waals surface area contributed by atoms with Crippen molar-refractivity contribution >= 4 is 27.8 Å². The normalized spacial score (nSPS) is 11.5. The number of hydrogen-bond acceptors (Lipinski definition) is 3. The minimum atomic E-state index is -3.72. The van der Waals surface area contributed by atoms with Crippen molar-refractivity contribution in [2.45, 2.75) is 6.92 Å². The minimum Gasteiger partial charge on any atom is -0.478 e. The van der Waals surface area contributed by atoms with Crippen molar-refractivity contribution in [2.75, 3.05) is 4.72 Å². The van der Waals surface area contributed by atoms with E-state index in [9.17, 15) is 13.2 Å². The van der Waals surface area contributed by atoms with Crippen LogP contribution in [0, 0.1) is 6.92 Å². The van der Waals surface area contributed by atoms with Gasteiger partial charge in [0.1, 0.15) is 0 Å². The van der Waals surface area contributed by atoms with Crippen molar-refractivity contribution in [3.05, 3.63) is 70.6 Å². The van der Waals surface area contributed by atoms with Crippen LogP contribution < -0.4 is 4.72 Å². The molecule has 114 valence electrons. The predicted octanol–water partition coefficient (Wildman–Crippen LogP) is 3.11. The van der Waals surface area contributed by atoms with Crippen LogP contribution in [0.3, 0.4) is 0 Å². The summed E-state index contributed by atoms with van der Waals surface area (Å²) in [5.74, 6) is -1.11. The number of rotatable bonds is 5. The van der Waals surface area contributed by atoms with Crippen LogP contribution >= 0.6 is 0 Å². The van der Waals surface area contributed by atoms with Gasteiger partial charge in [-0.2, -0.15) is 0 Å². The molecule has 0 spiro atoms. The number of sulfonamides is 1. The van der Waals surface area contributed by atoms with Crippen molar-refractivity contribution in [3.8, 4) is 0 Å². The number of hydrogen-bond donors (Lipinski definition) is 2. The molecule has 2 aromatic rings. The summed E-state index contributed by atoms with van der Waals surface area (Å²) in [7, 11) is -3.72. The van der Waals surface area contributed by atoms with Crippen molar-refractivity contribution in [3.63, 3.8) is 0 Å². The molecule has 0 atom stereocenters. The molecule has 0 unspecified atom stereocenters. The summed E-state index contributed by atoms with van der Waals surface area (Å²) in [5, 5.41) is 10.0. The molecule has 22 heavy (non-hydrogen) atoms. The number of carboxylic acid groups (broad SMARTS) is 1. The summed E-state index contributed by atoms with van der Waals surface area (Å²) in [4.78, 5) is 10.9. The Bertz CT molecular complexity index is 811. The van der Waals surface area contributed by atoms with Crippen LogP contribution in [0.15, 0.2) is 53.9 Å². The van der Waals surface area contributed by atoms with E-state index >= 15 is 0 Å². The molecular formula is C16H15NO4S. The average molecular weight is 317 g/mol. The Hall–Kier alpha value is -2.60. The molecule has 0 amide bonds.